The summed E-state index contributed by atoms with van der Waals surface area (Å²) in [5.41, 5.74) is 2.92. The third-order valence-electron chi connectivity index (χ3n) is 4.66. The van der Waals surface area contributed by atoms with Crippen LogP contribution < -0.4 is 5.32 Å². The van der Waals surface area contributed by atoms with E-state index in [0.29, 0.717) is 12.8 Å². The Bertz CT molecular complexity index is 902. The van der Waals surface area contributed by atoms with Gasteiger partial charge in [-0.2, -0.15) is 0 Å². The van der Waals surface area contributed by atoms with Crippen LogP contribution in [0.2, 0.25) is 0 Å². The Balaban J connectivity index is 1.69. The third-order valence-corrected chi connectivity index (χ3v) is 4.66. The highest BCUT2D eigenvalue weighted by atomic mass is 16.4. The second-order valence-electron chi connectivity index (χ2n) is 6.44. The standard InChI is InChI=1S/C21H22N2O3/c1-14(21(25)26)20(15-7-3-2-4-8-15)23-19(24)12-11-16-13-22-18-10-6-5-9-17(16)18/h2-10,13-14,20,22H,11-12H2,1H3,(H,23,24)(H,25,26). The lowest BCUT2D eigenvalue weighted by Gasteiger charge is -2.23. The molecule has 134 valence electrons. The number of aromatic nitrogens is 1. The maximum absolute atomic E-state index is 12.5. The van der Waals surface area contributed by atoms with Gasteiger partial charge in [-0.05, 0) is 30.5 Å². The Hall–Kier alpha value is -3.08. The van der Waals surface area contributed by atoms with Gasteiger partial charge in [0.15, 0.2) is 0 Å². The zero-order valence-electron chi connectivity index (χ0n) is 14.6. The first kappa shape index (κ1) is 17.7. The number of H-pyrrole nitrogens is 1. The van der Waals surface area contributed by atoms with Crippen molar-refractivity contribution in [1.29, 1.82) is 0 Å². The van der Waals surface area contributed by atoms with Gasteiger partial charge in [-0.25, -0.2) is 0 Å². The number of hydrogen-bond donors (Lipinski definition) is 3. The number of hydrogen-bond acceptors (Lipinski definition) is 2. The van der Waals surface area contributed by atoms with Crippen LogP contribution in [0, 0.1) is 5.92 Å². The number of carbonyl (C=O) groups excluding carboxylic acids is 1. The van der Waals surface area contributed by atoms with E-state index in [9.17, 15) is 14.7 Å². The predicted octanol–water partition coefficient (Wildman–Crippen LogP) is 3.68. The smallest absolute Gasteiger partial charge is 0.308 e. The van der Waals surface area contributed by atoms with Gasteiger partial charge < -0.3 is 15.4 Å². The van der Waals surface area contributed by atoms with E-state index in [-0.39, 0.29) is 5.91 Å². The van der Waals surface area contributed by atoms with E-state index in [1.54, 1.807) is 6.92 Å². The molecule has 1 heterocycles. The van der Waals surface area contributed by atoms with E-state index in [2.05, 4.69) is 10.3 Å². The van der Waals surface area contributed by atoms with E-state index >= 15 is 0 Å². The topological polar surface area (TPSA) is 82.2 Å². The van der Waals surface area contributed by atoms with Crippen molar-refractivity contribution in [1.82, 2.24) is 10.3 Å². The summed E-state index contributed by atoms with van der Waals surface area (Å²) in [7, 11) is 0. The van der Waals surface area contributed by atoms with Crippen molar-refractivity contribution in [3.8, 4) is 0 Å². The molecule has 0 fully saturated rings. The number of nitrogens with one attached hydrogen (secondary N) is 2. The summed E-state index contributed by atoms with van der Waals surface area (Å²) < 4.78 is 0. The highest BCUT2D eigenvalue weighted by Crippen LogP contribution is 2.23. The molecule has 3 aromatic rings. The van der Waals surface area contributed by atoms with E-state index in [4.69, 9.17) is 0 Å². The lowest BCUT2D eigenvalue weighted by Crippen LogP contribution is -2.35. The molecule has 3 N–H and O–H groups in total. The maximum atomic E-state index is 12.5. The van der Waals surface area contributed by atoms with E-state index in [0.717, 1.165) is 22.0 Å². The van der Waals surface area contributed by atoms with Crippen LogP contribution in [-0.2, 0) is 16.0 Å². The average Bonchev–Trinajstić information content (AvgIpc) is 3.07. The molecule has 3 rings (SSSR count). The van der Waals surface area contributed by atoms with Gasteiger partial charge in [-0.3, -0.25) is 9.59 Å². The average molecular weight is 350 g/mol. The second kappa shape index (κ2) is 7.87. The number of carbonyl (C=O) groups is 2. The number of rotatable bonds is 7. The zero-order valence-corrected chi connectivity index (χ0v) is 14.6. The van der Waals surface area contributed by atoms with Crippen LogP contribution in [0.5, 0.6) is 0 Å². The van der Waals surface area contributed by atoms with Crippen LogP contribution in [0.1, 0.15) is 30.5 Å². The molecule has 0 radical (unpaired) electrons. The SMILES string of the molecule is CC(C(=O)O)C(NC(=O)CCc1c[nH]c2ccccc12)c1ccccc1. The molecule has 26 heavy (non-hydrogen) atoms. The minimum Gasteiger partial charge on any atom is -0.481 e. The van der Waals surface area contributed by atoms with E-state index < -0.39 is 17.9 Å². The Morgan fingerprint density at radius 1 is 1.08 bits per heavy atom. The normalized spacial score (nSPS) is 13.3. The van der Waals surface area contributed by atoms with Gasteiger partial charge >= 0.3 is 5.97 Å². The molecule has 5 heteroatoms. The molecule has 0 aliphatic rings. The second-order valence-corrected chi connectivity index (χ2v) is 6.44. The summed E-state index contributed by atoms with van der Waals surface area (Å²) in [6.45, 7) is 1.61. The van der Waals surface area contributed by atoms with Gasteiger partial charge in [0.05, 0.1) is 12.0 Å². The number of aliphatic carboxylic acids is 1. The van der Waals surface area contributed by atoms with Crippen molar-refractivity contribution in [3.63, 3.8) is 0 Å². The number of amides is 1. The van der Waals surface area contributed by atoms with Crippen LogP contribution >= 0.6 is 0 Å². The van der Waals surface area contributed by atoms with Gasteiger partial charge in [0.2, 0.25) is 5.91 Å². The Morgan fingerprint density at radius 2 is 1.77 bits per heavy atom. The van der Waals surface area contributed by atoms with Crippen LogP contribution in [0.4, 0.5) is 0 Å². The van der Waals surface area contributed by atoms with Gasteiger partial charge in [0.25, 0.3) is 0 Å². The molecule has 0 aliphatic heterocycles. The largest absolute Gasteiger partial charge is 0.481 e. The number of carboxylic acid groups (broad SMARTS) is 1. The summed E-state index contributed by atoms with van der Waals surface area (Å²) in [4.78, 5) is 27.1. The first-order valence-electron chi connectivity index (χ1n) is 8.68. The minimum absolute atomic E-state index is 0.155. The van der Waals surface area contributed by atoms with Gasteiger partial charge in [-0.15, -0.1) is 0 Å². The molecular weight excluding hydrogens is 328 g/mol. The highest BCUT2D eigenvalue weighted by Gasteiger charge is 2.26. The molecule has 0 saturated heterocycles. The predicted molar refractivity (Wildman–Crippen MR) is 101 cm³/mol. The number of carboxylic acids is 1. The molecule has 1 amide bonds. The monoisotopic (exact) mass is 350 g/mol. The summed E-state index contributed by atoms with van der Waals surface area (Å²) in [6, 6.07) is 16.6. The maximum Gasteiger partial charge on any atom is 0.308 e. The van der Waals surface area contributed by atoms with Crippen molar-refractivity contribution < 1.29 is 14.7 Å². The van der Waals surface area contributed by atoms with Crippen molar-refractivity contribution >= 4 is 22.8 Å². The lowest BCUT2D eigenvalue weighted by molar-refractivity contribution is -0.142. The number of benzene rings is 2. The molecule has 2 atom stereocenters. The molecule has 5 nitrogen and oxygen atoms in total. The molecule has 0 bridgehead atoms. The van der Waals surface area contributed by atoms with Crippen LogP contribution in [0.3, 0.4) is 0 Å². The molecule has 0 saturated carbocycles. The Labute approximate surface area is 152 Å². The minimum atomic E-state index is -0.934. The zero-order chi connectivity index (χ0) is 18.5. The van der Waals surface area contributed by atoms with Gasteiger partial charge in [-0.1, -0.05) is 48.5 Å². The highest BCUT2D eigenvalue weighted by molar-refractivity contribution is 5.84. The third kappa shape index (κ3) is 3.94. The molecule has 2 aromatic carbocycles. The fourth-order valence-corrected chi connectivity index (χ4v) is 3.13. The van der Waals surface area contributed by atoms with Crippen molar-refractivity contribution in [2.45, 2.75) is 25.8 Å². The Kier molecular flexibility index (Phi) is 5.37. The molecule has 1 aromatic heterocycles. The molecule has 0 spiro atoms. The van der Waals surface area contributed by atoms with Gasteiger partial charge in [0, 0.05) is 23.5 Å². The summed E-state index contributed by atoms with van der Waals surface area (Å²) in [5, 5.41) is 13.4. The van der Waals surface area contributed by atoms with Crippen LogP contribution in [0.15, 0.2) is 60.8 Å². The van der Waals surface area contributed by atoms with E-state index in [1.807, 2.05) is 60.8 Å². The quantitative estimate of drug-likeness (QED) is 0.608. The summed E-state index contributed by atoms with van der Waals surface area (Å²) in [5.74, 6) is -1.80. The van der Waals surface area contributed by atoms with Crippen molar-refractivity contribution in [2.24, 2.45) is 5.92 Å². The van der Waals surface area contributed by atoms with Gasteiger partial charge in [0.1, 0.15) is 0 Å². The number of para-hydroxylation sites is 1. The number of fused-ring (bicyclic) bond motifs is 1. The summed E-state index contributed by atoms with van der Waals surface area (Å²) in [6.07, 6.45) is 2.82. The number of aromatic amines is 1. The summed E-state index contributed by atoms with van der Waals surface area (Å²) >= 11 is 0. The first-order chi connectivity index (χ1) is 12.6. The molecular formula is C21H22N2O3. The van der Waals surface area contributed by atoms with E-state index in [1.165, 1.54) is 0 Å². The van der Waals surface area contributed by atoms with Crippen molar-refractivity contribution in [2.75, 3.05) is 0 Å². The van der Waals surface area contributed by atoms with Crippen molar-refractivity contribution in [3.05, 3.63) is 71.9 Å². The fourth-order valence-electron chi connectivity index (χ4n) is 3.13. The lowest BCUT2D eigenvalue weighted by atomic mass is 9.94. The Morgan fingerprint density at radius 3 is 2.50 bits per heavy atom. The first-order valence-corrected chi connectivity index (χ1v) is 8.68. The van der Waals surface area contributed by atoms with Crippen LogP contribution in [-0.4, -0.2) is 22.0 Å². The fraction of sp³-hybridized carbons (Fsp3) is 0.238. The molecule has 2 unspecified atom stereocenters. The molecule has 0 aliphatic carbocycles. The van der Waals surface area contributed by atoms with Crippen LogP contribution in [0.25, 0.3) is 10.9 Å². The number of aryl methyl sites for hydroxylation is 1.